The van der Waals surface area contributed by atoms with E-state index in [9.17, 15) is 9.18 Å². The molecule has 0 aliphatic heterocycles. The lowest BCUT2D eigenvalue weighted by atomic mass is 10.1. The highest BCUT2D eigenvalue weighted by atomic mass is 79.9. The van der Waals surface area contributed by atoms with Crippen LogP contribution in [-0.4, -0.2) is 5.78 Å². The Morgan fingerprint density at radius 2 is 2.12 bits per heavy atom. The van der Waals surface area contributed by atoms with Crippen LogP contribution in [-0.2, 0) is 0 Å². The Bertz CT molecular complexity index is 528. The number of hydrogen-bond donors (Lipinski definition) is 0. The first kappa shape index (κ1) is 11.5. The number of benzene rings is 1. The number of carbonyl (C=O) groups excluding carboxylic acids is 1. The quantitative estimate of drug-likeness (QED) is 0.760. The molecule has 1 aromatic carbocycles. The Labute approximate surface area is 105 Å². The van der Waals surface area contributed by atoms with Crippen LogP contribution in [0.2, 0.25) is 0 Å². The van der Waals surface area contributed by atoms with E-state index in [0.29, 0.717) is 10.4 Å². The van der Waals surface area contributed by atoms with Gasteiger partial charge in [-0.05, 0) is 46.6 Å². The smallest absolute Gasteiger partial charge is 0.203 e. The van der Waals surface area contributed by atoms with E-state index in [4.69, 9.17) is 0 Å². The third kappa shape index (κ3) is 2.23. The highest BCUT2D eigenvalue weighted by Gasteiger charge is 2.13. The molecule has 2 aromatic rings. The fourth-order valence-electron chi connectivity index (χ4n) is 1.34. The van der Waals surface area contributed by atoms with E-state index in [0.717, 1.165) is 9.35 Å². The zero-order valence-electron chi connectivity index (χ0n) is 8.46. The molecule has 0 atom stereocenters. The lowest BCUT2D eigenvalue weighted by molar-refractivity contribution is 0.104. The Morgan fingerprint density at radius 3 is 2.69 bits per heavy atom. The first-order chi connectivity index (χ1) is 7.58. The number of ketones is 1. The van der Waals surface area contributed by atoms with Crippen LogP contribution in [0.4, 0.5) is 4.39 Å². The predicted octanol–water partition coefficient (Wildman–Crippen LogP) is 4.19. The van der Waals surface area contributed by atoms with E-state index in [-0.39, 0.29) is 5.78 Å². The molecule has 0 bridgehead atoms. The summed E-state index contributed by atoms with van der Waals surface area (Å²) in [6, 6.07) is 7.55. The molecule has 1 heterocycles. The summed E-state index contributed by atoms with van der Waals surface area (Å²) in [5.41, 5.74) is 1.40. The average molecular weight is 299 g/mol. The summed E-state index contributed by atoms with van der Waals surface area (Å²) < 4.78 is 13.9. The molecular formula is C12H8BrFOS. The summed E-state index contributed by atoms with van der Waals surface area (Å²) in [7, 11) is 0. The molecule has 0 saturated heterocycles. The van der Waals surface area contributed by atoms with Crippen molar-refractivity contribution < 1.29 is 9.18 Å². The molecule has 0 amide bonds. The number of thiophene rings is 1. The molecule has 0 N–H and O–H groups in total. The van der Waals surface area contributed by atoms with Crippen LogP contribution in [0.1, 0.15) is 20.8 Å². The predicted molar refractivity (Wildman–Crippen MR) is 66.6 cm³/mol. The molecular weight excluding hydrogens is 291 g/mol. The van der Waals surface area contributed by atoms with E-state index in [1.165, 1.54) is 29.5 Å². The first-order valence-corrected chi connectivity index (χ1v) is 6.25. The fraction of sp³-hybridized carbons (Fsp3) is 0.0833. The van der Waals surface area contributed by atoms with E-state index in [1.807, 2.05) is 13.0 Å². The summed E-state index contributed by atoms with van der Waals surface area (Å²) in [6.07, 6.45) is 0. The molecule has 1 nitrogen and oxygen atoms in total. The van der Waals surface area contributed by atoms with E-state index < -0.39 is 5.82 Å². The Balaban J connectivity index is 2.39. The summed E-state index contributed by atoms with van der Waals surface area (Å²) in [4.78, 5) is 12.6. The van der Waals surface area contributed by atoms with Crippen LogP contribution in [0.3, 0.4) is 0 Å². The molecule has 0 saturated carbocycles. The largest absolute Gasteiger partial charge is 0.288 e. The first-order valence-electron chi connectivity index (χ1n) is 4.64. The van der Waals surface area contributed by atoms with Crippen molar-refractivity contribution in [2.24, 2.45) is 0 Å². The van der Waals surface area contributed by atoms with Crippen LogP contribution in [0.15, 0.2) is 34.1 Å². The molecule has 0 aliphatic rings. The van der Waals surface area contributed by atoms with Crippen LogP contribution in [0, 0.1) is 12.7 Å². The molecule has 2 rings (SSSR count). The third-order valence-corrected chi connectivity index (χ3v) is 4.30. The number of halogens is 2. The normalized spacial score (nSPS) is 10.4. The molecule has 1 aromatic heterocycles. The molecule has 0 spiro atoms. The van der Waals surface area contributed by atoms with Crippen molar-refractivity contribution >= 4 is 33.0 Å². The summed E-state index contributed by atoms with van der Waals surface area (Å²) >= 11 is 4.73. The van der Waals surface area contributed by atoms with Gasteiger partial charge < -0.3 is 0 Å². The maximum absolute atomic E-state index is 13.0. The monoisotopic (exact) mass is 298 g/mol. The van der Waals surface area contributed by atoms with Gasteiger partial charge in [-0.25, -0.2) is 4.39 Å². The van der Waals surface area contributed by atoms with Gasteiger partial charge in [0, 0.05) is 5.56 Å². The van der Waals surface area contributed by atoms with Gasteiger partial charge in [0.15, 0.2) is 0 Å². The van der Waals surface area contributed by atoms with Crippen molar-refractivity contribution in [2.75, 3.05) is 0 Å². The number of rotatable bonds is 2. The number of carbonyl (C=O) groups is 1. The minimum Gasteiger partial charge on any atom is -0.288 e. The molecule has 16 heavy (non-hydrogen) atoms. The van der Waals surface area contributed by atoms with Gasteiger partial charge in [0.1, 0.15) is 5.82 Å². The molecule has 0 aliphatic carbocycles. The van der Waals surface area contributed by atoms with Crippen molar-refractivity contribution in [1.82, 2.24) is 0 Å². The van der Waals surface area contributed by atoms with Gasteiger partial charge in [0.2, 0.25) is 5.78 Å². The maximum Gasteiger partial charge on any atom is 0.203 e. The standard InChI is InChI=1S/C12H8BrFOS/c1-7-5-10(16-12(7)13)11(15)8-3-2-4-9(14)6-8/h2-6H,1H3. The van der Waals surface area contributed by atoms with Crippen molar-refractivity contribution in [3.05, 3.63) is 55.9 Å². The van der Waals surface area contributed by atoms with E-state index >= 15 is 0 Å². The van der Waals surface area contributed by atoms with Gasteiger partial charge in [-0.2, -0.15) is 0 Å². The van der Waals surface area contributed by atoms with E-state index in [1.54, 1.807) is 6.07 Å². The van der Waals surface area contributed by atoms with Crippen molar-refractivity contribution in [2.45, 2.75) is 6.92 Å². The van der Waals surface area contributed by atoms with Crippen LogP contribution in [0.5, 0.6) is 0 Å². The second-order valence-electron chi connectivity index (χ2n) is 3.41. The van der Waals surface area contributed by atoms with Crippen molar-refractivity contribution in [3.8, 4) is 0 Å². The van der Waals surface area contributed by atoms with E-state index in [2.05, 4.69) is 15.9 Å². The second-order valence-corrected chi connectivity index (χ2v) is 5.78. The topological polar surface area (TPSA) is 17.1 Å². The fourth-order valence-corrected chi connectivity index (χ4v) is 2.84. The van der Waals surface area contributed by atoms with Gasteiger partial charge >= 0.3 is 0 Å². The lowest BCUT2D eigenvalue weighted by Crippen LogP contribution is -1.98. The Morgan fingerprint density at radius 1 is 1.38 bits per heavy atom. The third-order valence-electron chi connectivity index (χ3n) is 2.17. The van der Waals surface area contributed by atoms with Crippen LogP contribution < -0.4 is 0 Å². The number of hydrogen-bond acceptors (Lipinski definition) is 2. The lowest BCUT2D eigenvalue weighted by Gasteiger charge is -1.97. The van der Waals surface area contributed by atoms with Crippen LogP contribution >= 0.6 is 27.3 Å². The van der Waals surface area contributed by atoms with Crippen molar-refractivity contribution in [1.29, 1.82) is 0 Å². The summed E-state index contributed by atoms with van der Waals surface area (Å²) in [6.45, 7) is 1.92. The van der Waals surface area contributed by atoms with Gasteiger partial charge in [-0.15, -0.1) is 11.3 Å². The highest BCUT2D eigenvalue weighted by molar-refractivity contribution is 9.11. The Hall–Kier alpha value is -1.00. The second kappa shape index (κ2) is 4.47. The molecule has 82 valence electrons. The summed E-state index contributed by atoms with van der Waals surface area (Å²) in [5.74, 6) is -0.531. The van der Waals surface area contributed by atoms with Gasteiger partial charge in [-0.1, -0.05) is 12.1 Å². The molecule has 0 unspecified atom stereocenters. The highest BCUT2D eigenvalue weighted by Crippen LogP contribution is 2.28. The number of aryl methyl sites for hydroxylation is 1. The van der Waals surface area contributed by atoms with Gasteiger partial charge in [-0.3, -0.25) is 4.79 Å². The molecule has 4 heteroatoms. The minimum atomic E-state index is -0.391. The summed E-state index contributed by atoms with van der Waals surface area (Å²) in [5, 5.41) is 0. The average Bonchev–Trinajstić information content (AvgIpc) is 2.58. The molecule has 0 radical (unpaired) electrons. The van der Waals surface area contributed by atoms with Crippen LogP contribution in [0.25, 0.3) is 0 Å². The Kier molecular flexibility index (Phi) is 3.21. The SMILES string of the molecule is Cc1cc(C(=O)c2cccc(F)c2)sc1Br. The minimum absolute atomic E-state index is 0.140. The maximum atomic E-state index is 13.0. The molecule has 0 fully saturated rings. The van der Waals surface area contributed by atoms with Gasteiger partial charge in [0.05, 0.1) is 8.66 Å². The zero-order chi connectivity index (χ0) is 11.7. The zero-order valence-corrected chi connectivity index (χ0v) is 10.9. The van der Waals surface area contributed by atoms with Crippen molar-refractivity contribution in [3.63, 3.8) is 0 Å². The van der Waals surface area contributed by atoms with Gasteiger partial charge in [0.25, 0.3) is 0 Å².